The molecule has 0 bridgehead atoms. The second kappa shape index (κ2) is 3.50. The van der Waals surface area contributed by atoms with Crippen LogP contribution in [0.2, 0.25) is 0 Å². The van der Waals surface area contributed by atoms with Crippen molar-refractivity contribution >= 4 is 17.7 Å². The van der Waals surface area contributed by atoms with Crippen LogP contribution in [0.1, 0.15) is 26.7 Å². The topological polar surface area (TPSA) is 63.3 Å². The van der Waals surface area contributed by atoms with Crippen molar-refractivity contribution in [2.75, 3.05) is 11.5 Å². The molecule has 0 aliphatic carbocycles. The normalized spacial score (nSPS) is 32.8. The molecule has 1 atom stereocenters. The lowest BCUT2D eigenvalue weighted by atomic mass is 9.79. The fraction of sp³-hybridized carbons (Fsp3) is 0.889. The molecule has 1 saturated heterocycles. The molecule has 1 aliphatic heterocycles. The van der Waals surface area contributed by atoms with E-state index < -0.39 is 11.5 Å². The molecule has 76 valence electrons. The zero-order valence-electron chi connectivity index (χ0n) is 8.17. The summed E-state index contributed by atoms with van der Waals surface area (Å²) in [6, 6.07) is 0. The van der Waals surface area contributed by atoms with E-state index in [0.717, 1.165) is 17.9 Å². The Morgan fingerprint density at radius 1 is 1.54 bits per heavy atom. The van der Waals surface area contributed by atoms with Crippen molar-refractivity contribution in [1.29, 1.82) is 0 Å². The number of nitrogens with two attached hydrogens (primary N) is 1. The van der Waals surface area contributed by atoms with Gasteiger partial charge in [0, 0.05) is 11.3 Å². The maximum Gasteiger partial charge on any atom is 0.305 e. The maximum absolute atomic E-state index is 10.6. The summed E-state index contributed by atoms with van der Waals surface area (Å²) in [5.74, 6) is 1.05. The fourth-order valence-corrected chi connectivity index (χ4v) is 3.37. The molecule has 3 N–H and O–H groups in total. The Kier molecular flexibility index (Phi) is 2.92. The summed E-state index contributed by atoms with van der Waals surface area (Å²) in [5, 5.41) is 8.71. The molecule has 1 aliphatic rings. The molecule has 13 heavy (non-hydrogen) atoms. The highest BCUT2D eigenvalue weighted by Crippen LogP contribution is 2.39. The van der Waals surface area contributed by atoms with Gasteiger partial charge in [-0.3, -0.25) is 4.79 Å². The highest BCUT2D eigenvalue weighted by molar-refractivity contribution is 7.99. The molecule has 0 radical (unpaired) electrons. The Labute approximate surface area is 83.1 Å². The Hall–Kier alpha value is -0.220. The minimum atomic E-state index is -0.791. The van der Waals surface area contributed by atoms with E-state index in [9.17, 15) is 4.79 Å². The van der Waals surface area contributed by atoms with Gasteiger partial charge in [0.1, 0.15) is 0 Å². The van der Waals surface area contributed by atoms with Crippen molar-refractivity contribution in [2.45, 2.75) is 32.2 Å². The molecule has 1 heterocycles. The number of carboxylic acid groups (broad SMARTS) is 1. The summed E-state index contributed by atoms with van der Waals surface area (Å²) >= 11 is 1.76. The van der Waals surface area contributed by atoms with Crippen LogP contribution < -0.4 is 5.73 Å². The number of thioether (sulfide) groups is 1. The van der Waals surface area contributed by atoms with Gasteiger partial charge in [-0.15, -0.1) is 0 Å². The van der Waals surface area contributed by atoms with Crippen LogP contribution in [0.15, 0.2) is 0 Å². The molecular formula is C9H17NO2S. The molecule has 1 fully saturated rings. The van der Waals surface area contributed by atoms with Gasteiger partial charge in [0.05, 0.1) is 6.42 Å². The van der Waals surface area contributed by atoms with Gasteiger partial charge in [-0.05, 0) is 17.6 Å². The molecule has 4 heteroatoms. The molecule has 0 amide bonds. The molecule has 0 spiro atoms. The van der Waals surface area contributed by atoms with Gasteiger partial charge < -0.3 is 10.8 Å². The van der Waals surface area contributed by atoms with Crippen LogP contribution in [0.5, 0.6) is 0 Å². The van der Waals surface area contributed by atoms with Gasteiger partial charge in [-0.2, -0.15) is 11.8 Å². The summed E-state index contributed by atoms with van der Waals surface area (Å²) in [5.41, 5.74) is 5.71. The van der Waals surface area contributed by atoms with Crippen LogP contribution in [0.4, 0.5) is 0 Å². The monoisotopic (exact) mass is 203 g/mol. The third-order valence-corrected chi connectivity index (χ3v) is 3.98. The highest BCUT2D eigenvalue weighted by Gasteiger charge is 2.38. The van der Waals surface area contributed by atoms with E-state index in [1.165, 1.54) is 0 Å². The van der Waals surface area contributed by atoms with Crippen molar-refractivity contribution in [3.63, 3.8) is 0 Å². The molecule has 1 unspecified atom stereocenters. The van der Waals surface area contributed by atoms with E-state index in [2.05, 4.69) is 13.8 Å². The van der Waals surface area contributed by atoms with E-state index in [1.54, 1.807) is 11.8 Å². The number of carboxylic acids is 1. The average Bonchev–Trinajstić information content (AvgIpc) is 1.79. The van der Waals surface area contributed by atoms with Gasteiger partial charge in [-0.1, -0.05) is 13.8 Å². The summed E-state index contributed by atoms with van der Waals surface area (Å²) < 4.78 is 0. The van der Waals surface area contributed by atoms with Crippen LogP contribution in [-0.4, -0.2) is 28.1 Å². The zero-order chi connectivity index (χ0) is 10.1. The van der Waals surface area contributed by atoms with Crippen LogP contribution in [0, 0.1) is 5.41 Å². The van der Waals surface area contributed by atoms with Gasteiger partial charge >= 0.3 is 5.97 Å². The summed E-state index contributed by atoms with van der Waals surface area (Å²) in [4.78, 5) is 10.6. The molecular weight excluding hydrogens is 186 g/mol. The number of rotatable bonds is 2. The van der Waals surface area contributed by atoms with Crippen LogP contribution >= 0.6 is 11.8 Å². The lowest BCUT2D eigenvalue weighted by Gasteiger charge is -2.41. The minimum Gasteiger partial charge on any atom is -0.481 e. The molecule has 3 nitrogen and oxygen atoms in total. The Morgan fingerprint density at radius 3 is 2.62 bits per heavy atom. The fourth-order valence-electron chi connectivity index (χ4n) is 2.00. The van der Waals surface area contributed by atoms with Crippen LogP contribution in [0.25, 0.3) is 0 Å². The highest BCUT2D eigenvalue weighted by atomic mass is 32.2. The molecule has 0 aromatic carbocycles. The molecule has 1 rings (SSSR count). The van der Waals surface area contributed by atoms with E-state index >= 15 is 0 Å². The van der Waals surface area contributed by atoms with Crippen LogP contribution in [-0.2, 0) is 4.79 Å². The number of carbonyl (C=O) groups is 1. The average molecular weight is 203 g/mol. The third-order valence-electron chi connectivity index (χ3n) is 2.22. The first-order valence-electron chi connectivity index (χ1n) is 4.42. The number of hydrogen-bond acceptors (Lipinski definition) is 3. The SMILES string of the molecule is CC1(C)CSCC(N)(CC(=O)O)C1. The van der Waals surface area contributed by atoms with Gasteiger partial charge in [-0.25, -0.2) is 0 Å². The predicted molar refractivity (Wildman–Crippen MR) is 54.9 cm³/mol. The van der Waals surface area contributed by atoms with Gasteiger partial charge in [0.15, 0.2) is 0 Å². The minimum absolute atomic E-state index is 0.0867. The quantitative estimate of drug-likeness (QED) is 0.710. The first-order chi connectivity index (χ1) is 5.83. The first kappa shape index (κ1) is 10.9. The standard InChI is InChI=1S/C9H17NO2S/c1-8(2)4-9(10,3-7(11)12)6-13-5-8/h3-6,10H2,1-2H3,(H,11,12). The lowest BCUT2D eigenvalue weighted by Crippen LogP contribution is -2.51. The second-order valence-electron chi connectivity index (χ2n) is 4.77. The lowest BCUT2D eigenvalue weighted by molar-refractivity contribution is -0.138. The Balaban J connectivity index is 2.63. The third kappa shape index (κ3) is 3.19. The predicted octanol–water partition coefficient (Wildman–Crippen LogP) is 1.32. The van der Waals surface area contributed by atoms with Crippen molar-refractivity contribution in [3.05, 3.63) is 0 Å². The van der Waals surface area contributed by atoms with Crippen molar-refractivity contribution in [1.82, 2.24) is 0 Å². The van der Waals surface area contributed by atoms with E-state index in [0.29, 0.717) is 0 Å². The maximum atomic E-state index is 10.6. The zero-order valence-corrected chi connectivity index (χ0v) is 8.99. The molecule has 0 saturated carbocycles. The van der Waals surface area contributed by atoms with Gasteiger partial charge in [0.25, 0.3) is 0 Å². The van der Waals surface area contributed by atoms with Crippen LogP contribution in [0.3, 0.4) is 0 Å². The second-order valence-corrected chi connectivity index (χ2v) is 5.75. The van der Waals surface area contributed by atoms with Crippen molar-refractivity contribution in [3.8, 4) is 0 Å². The number of hydrogen-bond donors (Lipinski definition) is 2. The summed E-state index contributed by atoms with van der Waals surface area (Å²) in [6.07, 6.45) is 0.892. The summed E-state index contributed by atoms with van der Waals surface area (Å²) in [7, 11) is 0. The first-order valence-corrected chi connectivity index (χ1v) is 5.57. The molecule has 0 aromatic rings. The van der Waals surface area contributed by atoms with Crippen molar-refractivity contribution < 1.29 is 9.90 Å². The Morgan fingerprint density at radius 2 is 2.15 bits per heavy atom. The Bertz CT molecular complexity index is 218. The largest absolute Gasteiger partial charge is 0.481 e. The summed E-state index contributed by atoms with van der Waals surface area (Å²) in [6.45, 7) is 4.28. The smallest absolute Gasteiger partial charge is 0.305 e. The van der Waals surface area contributed by atoms with E-state index in [-0.39, 0.29) is 11.8 Å². The van der Waals surface area contributed by atoms with E-state index in [4.69, 9.17) is 10.8 Å². The van der Waals surface area contributed by atoms with E-state index in [1.807, 2.05) is 0 Å². The number of aliphatic carboxylic acids is 1. The van der Waals surface area contributed by atoms with Gasteiger partial charge in [0.2, 0.25) is 0 Å². The molecule has 0 aromatic heterocycles. The van der Waals surface area contributed by atoms with Crippen molar-refractivity contribution in [2.24, 2.45) is 11.1 Å².